The maximum absolute atomic E-state index is 11.6. The molecule has 130 valence electrons. The number of benzene rings is 1. The third-order valence-electron chi connectivity index (χ3n) is 4.19. The Balaban J connectivity index is 1.86. The highest BCUT2D eigenvalue weighted by atomic mass is 35.5. The van der Waals surface area contributed by atoms with Crippen LogP contribution in [0.3, 0.4) is 0 Å². The standard InChI is InChI=1S/C18H18Cl2N4O/c1-18(2,11-3-4-12(19)13(20)8-11)9-23-14-7-10-5-6-22-15(10)16(24-14)17(21)25/h3-8,22H,9H2,1-2H3,(H2,21,25)(H,23,24). The van der Waals surface area contributed by atoms with Gasteiger partial charge in [0, 0.05) is 23.5 Å². The number of hydrogen-bond acceptors (Lipinski definition) is 3. The number of rotatable bonds is 5. The highest BCUT2D eigenvalue weighted by Crippen LogP contribution is 2.30. The summed E-state index contributed by atoms with van der Waals surface area (Å²) in [7, 11) is 0. The Labute approximate surface area is 155 Å². The van der Waals surface area contributed by atoms with Crippen LogP contribution in [0.5, 0.6) is 0 Å². The summed E-state index contributed by atoms with van der Waals surface area (Å²) >= 11 is 12.1. The molecule has 0 aliphatic carbocycles. The molecular weight excluding hydrogens is 359 g/mol. The Morgan fingerprint density at radius 3 is 2.68 bits per heavy atom. The second-order valence-corrected chi connectivity index (χ2v) is 7.34. The van der Waals surface area contributed by atoms with Crippen LogP contribution < -0.4 is 11.1 Å². The van der Waals surface area contributed by atoms with Gasteiger partial charge in [-0.2, -0.15) is 0 Å². The average Bonchev–Trinajstić information content (AvgIpc) is 3.03. The maximum atomic E-state index is 11.6. The number of nitrogens with zero attached hydrogens (tertiary/aromatic N) is 1. The molecule has 0 aliphatic heterocycles. The van der Waals surface area contributed by atoms with Gasteiger partial charge in [-0.25, -0.2) is 4.98 Å². The van der Waals surface area contributed by atoms with Gasteiger partial charge in [0.15, 0.2) is 5.69 Å². The van der Waals surface area contributed by atoms with Crippen LogP contribution in [-0.4, -0.2) is 22.4 Å². The van der Waals surface area contributed by atoms with Crippen molar-refractivity contribution in [3.63, 3.8) is 0 Å². The zero-order chi connectivity index (χ0) is 18.2. The van der Waals surface area contributed by atoms with Crippen LogP contribution in [0.2, 0.25) is 10.0 Å². The lowest BCUT2D eigenvalue weighted by Crippen LogP contribution is -2.28. The number of primary amides is 1. The molecule has 7 heteroatoms. The molecule has 0 fully saturated rings. The molecule has 0 aliphatic rings. The van der Waals surface area contributed by atoms with E-state index in [0.29, 0.717) is 27.9 Å². The van der Waals surface area contributed by atoms with Crippen molar-refractivity contribution in [3.8, 4) is 0 Å². The number of carbonyl (C=O) groups excluding carboxylic acids is 1. The molecule has 0 saturated heterocycles. The molecule has 2 heterocycles. The van der Waals surface area contributed by atoms with Gasteiger partial charge in [-0.3, -0.25) is 4.79 Å². The maximum Gasteiger partial charge on any atom is 0.269 e. The van der Waals surface area contributed by atoms with E-state index in [1.807, 2.05) is 24.3 Å². The number of amides is 1. The molecule has 3 aromatic rings. The van der Waals surface area contributed by atoms with Crippen molar-refractivity contribution in [1.29, 1.82) is 0 Å². The lowest BCUT2D eigenvalue weighted by atomic mass is 9.84. The summed E-state index contributed by atoms with van der Waals surface area (Å²) in [5, 5.41) is 5.21. The predicted molar refractivity (Wildman–Crippen MR) is 103 cm³/mol. The molecule has 0 atom stereocenters. The molecule has 0 bridgehead atoms. The fraction of sp³-hybridized carbons (Fsp3) is 0.222. The van der Waals surface area contributed by atoms with Crippen molar-refractivity contribution >= 4 is 45.8 Å². The van der Waals surface area contributed by atoms with Crippen molar-refractivity contribution in [2.45, 2.75) is 19.3 Å². The number of nitrogens with one attached hydrogen (secondary N) is 2. The largest absolute Gasteiger partial charge is 0.369 e. The predicted octanol–water partition coefficient (Wildman–Crippen LogP) is 4.36. The van der Waals surface area contributed by atoms with Crippen LogP contribution in [0.1, 0.15) is 29.9 Å². The van der Waals surface area contributed by atoms with E-state index in [4.69, 9.17) is 28.9 Å². The number of nitrogens with two attached hydrogens (primary N) is 1. The van der Waals surface area contributed by atoms with Gasteiger partial charge < -0.3 is 16.0 Å². The first-order valence-electron chi connectivity index (χ1n) is 7.75. The fourth-order valence-electron chi connectivity index (χ4n) is 2.66. The van der Waals surface area contributed by atoms with E-state index in [1.165, 1.54) is 0 Å². The Bertz CT molecular complexity index is 949. The van der Waals surface area contributed by atoms with Gasteiger partial charge in [0.05, 0.1) is 15.6 Å². The number of pyridine rings is 1. The monoisotopic (exact) mass is 376 g/mol. The van der Waals surface area contributed by atoms with Gasteiger partial charge in [0.25, 0.3) is 5.91 Å². The van der Waals surface area contributed by atoms with Gasteiger partial charge in [0.1, 0.15) is 5.82 Å². The summed E-state index contributed by atoms with van der Waals surface area (Å²) in [6.07, 6.45) is 1.75. The van der Waals surface area contributed by atoms with E-state index < -0.39 is 5.91 Å². The lowest BCUT2D eigenvalue weighted by molar-refractivity contribution is 0.0997. The first-order valence-corrected chi connectivity index (χ1v) is 8.51. The highest BCUT2D eigenvalue weighted by Gasteiger charge is 2.22. The number of aromatic nitrogens is 2. The number of carbonyl (C=O) groups is 1. The topological polar surface area (TPSA) is 83.8 Å². The van der Waals surface area contributed by atoms with Crippen molar-refractivity contribution in [2.24, 2.45) is 5.73 Å². The lowest BCUT2D eigenvalue weighted by Gasteiger charge is -2.26. The van der Waals surface area contributed by atoms with E-state index in [1.54, 1.807) is 12.3 Å². The zero-order valence-corrected chi connectivity index (χ0v) is 15.4. The number of aromatic amines is 1. The molecule has 4 N–H and O–H groups in total. The molecule has 2 aromatic heterocycles. The Morgan fingerprint density at radius 1 is 1.24 bits per heavy atom. The quantitative estimate of drug-likeness (QED) is 0.618. The number of fused-ring (bicyclic) bond motifs is 1. The summed E-state index contributed by atoms with van der Waals surface area (Å²) in [4.78, 5) is 19.0. The molecule has 3 rings (SSSR count). The molecule has 0 unspecified atom stereocenters. The fourth-order valence-corrected chi connectivity index (χ4v) is 2.96. The summed E-state index contributed by atoms with van der Waals surface area (Å²) < 4.78 is 0. The van der Waals surface area contributed by atoms with Gasteiger partial charge >= 0.3 is 0 Å². The molecule has 1 aromatic carbocycles. The first kappa shape index (κ1) is 17.6. The van der Waals surface area contributed by atoms with Crippen LogP contribution in [0.25, 0.3) is 10.9 Å². The summed E-state index contributed by atoms with van der Waals surface area (Å²) in [6, 6.07) is 9.36. The average molecular weight is 377 g/mol. The Hall–Kier alpha value is -2.24. The third kappa shape index (κ3) is 3.57. The smallest absolute Gasteiger partial charge is 0.269 e. The SMILES string of the molecule is CC(C)(CNc1cc2cc[nH]c2c(C(N)=O)n1)c1ccc(Cl)c(Cl)c1. The van der Waals surface area contributed by atoms with Crippen LogP contribution in [-0.2, 0) is 5.41 Å². The molecule has 25 heavy (non-hydrogen) atoms. The van der Waals surface area contributed by atoms with E-state index >= 15 is 0 Å². The summed E-state index contributed by atoms with van der Waals surface area (Å²) in [6.45, 7) is 4.76. The van der Waals surface area contributed by atoms with Crippen LogP contribution in [0, 0.1) is 0 Å². The molecule has 0 radical (unpaired) electrons. The molecule has 0 spiro atoms. The normalized spacial score (nSPS) is 11.7. The van der Waals surface area contributed by atoms with Gasteiger partial charge in [-0.1, -0.05) is 43.1 Å². The van der Waals surface area contributed by atoms with E-state index in [9.17, 15) is 4.79 Å². The van der Waals surface area contributed by atoms with Crippen LogP contribution in [0.4, 0.5) is 5.82 Å². The number of anilines is 1. The van der Waals surface area contributed by atoms with E-state index in [-0.39, 0.29) is 11.1 Å². The minimum atomic E-state index is -0.570. The van der Waals surface area contributed by atoms with Gasteiger partial charge in [0.2, 0.25) is 0 Å². The molecular formula is C18H18Cl2N4O. The summed E-state index contributed by atoms with van der Waals surface area (Å²) in [5.41, 5.74) is 7.12. The third-order valence-corrected chi connectivity index (χ3v) is 4.93. The second kappa shape index (κ2) is 6.58. The minimum Gasteiger partial charge on any atom is -0.369 e. The van der Waals surface area contributed by atoms with Crippen molar-refractivity contribution in [1.82, 2.24) is 9.97 Å². The number of halogens is 2. The Kier molecular flexibility index (Phi) is 4.62. The highest BCUT2D eigenvalue weighted by molar-refractivity contribution is 6.42. The van der Waals surface area contributed by atoms with Gasteiger partial charge in [-0.15, -0.1) is 0 Å². The first-order chi connectivity index (χ1) is 11.8. The van der Waals surface area contributed by atoms with Crippen LogP contribution in [0.15, 0.2) is 36.5 Å². The minimum absolute atomic E-state index is 0.220. The van der Waals surface area contributed by atoms with Crippen molar-refractivity contribution < 1.29 is 4.79 Å². The molecule has 0 saturated carbocycles. The van der Waals surface area contributed by atoms with E-state index in [0.717, 1.165) is 10.9 Å². The van der Waals surface area contributed by atoms with Gasteiger partial charge in [-0.05, 0) is 29.8 Å². The van der Waals surface area contributed by atoms with Crippen molar-refractivity contribution in [3.05, 3.63) is 57.8 Å². The van der Waals surface area contributed by atoms with Crippen molar-refractivity contribution in [2.75, 3.05) is 11.9 Å². The Morgan fingerprint density at radius 2 is 2.00 bits per heavy atom. The van der Waals surface area contributed by atoms with E-state index in [2.05, 4.69) is 29.1 Å². The molecule has 5 nitrogen and oxygen atoms in total. The number of hydrogen-bond donors (Lipinski definition) is 3. The molecule has 1 amide bonds. The van der Waals surface area contributed by atoms with Crippen LogP contribution >= 0.6 is 23.2 Å². The zero-order valence-electron chi connectivity index (χ0n) is 13.9. The number of H-pyrrole nitrogens is 1. The second-order valence-electron chi connectivity index (χ2n) is 6.53. The summed E-state index contributed by atoms with van der Waals surface area (Å²) in [5.74, 6) is 0.0221.